The molecule has 38 heavy (non-hydrogen) atoms. The van der Waals surface area contributed by atoms with Crippen LogP contribution in [-0.2, 0) is 0 Å². The standard InChI is InChI=1S/C36H26N2/c1-2-12-27(13-3-1)37-35-20-9-6-17-31(35)32-24-26(21-22-36(32)37)25-11-10-14-28(23-25)38-33-18-7-4-15-29(33)30-16-5-8-19-34(30)38/h1-24,31,35H. The van der Waals surface area contributed by atoms with Gasteiger partial charge in [0.1, 0.15) is 0 Å². The highest BCUT2D eigenvalue weighted by atomic mass is 15.2. The quantitative estimate of drug-likeness (QED) is 0.242. The van der Waals surface area contributed by atoms with Gasteiger partial charge in [0.05, 0.1) is 17.1 Å². The number of rotatable bonds is 3. The molecule has 0 N–H and O–H groups in total. The van der Waals surface area contributed by atoms with Crippen molar-refractivity contribution in [3.05, 3.63) is 151 Å². The van der Waals surface area contributed by atoms with Gasteiger partial charge in [-0.3, -0.25) is 0 Å². The number of anilines is 2. The van der Waals surface area contributed by atoms with Crippen LogP contribution in [0.25, 0.3) is 38.6 Å². The first-order chi connectivity index (χ1) is 18.9. The first kappa shape index (κ1) is 21.3. The summed E-state index contributed by atoms with van der Waals surface area (Å²) in [6.45, 7) is 0. The molecule has 8 rings (SSSR count). The van der Waals surface area contributed by atoms with Crippen molar-refractivity contribution in [1.29, 1.82) is 0 Å². The molecule has 2 atom stereocenters. The molecule has 0 bridgehead atoms. The summed E-state index contributed by atoms with van der Waals surface area (Å²) in [6, 6.07) is 44.4. The normalized spacial score (nSPS) is 17.7. The fourth-order valence-corrected chi connectivity index (χ4v) is 6.44. The molecule has 2 nitrogen and oxygen atoms in total. The van der Waals surface area contributed by atoms with E-state index in [2.05, 4.69) is 155 Å². The molecule has 1 aromatic heterocycles. The smallest absolute Gasteiger partial charge is 0.0629 e. The Balaban J connectivity index is 1.27. The first-order valence-electron chi connectivity index (χ1n) is 13.3. The van der Waals surface area contributed by atoms with E-state index in [9.17, 15) is 0 Å². The van der Waals surface area contributed by atoms with E-state index < -0.39 is 0 Å². The Bertz CT molecular complexity index is 1840. The lowest BCUT2D eigenvalue weighted by molar-refractivity contribution is 0.745. The fraction of sp³-hybridized carbons (Fsp3) is 0.0556. The number of nitrogens with zero attached hydrogens (tertiary/aromatic N) is 2. The third-order valence-electron chi connectivity index (χ3n) is 8.10. The second-order valence-corrected chi connectivity index (χ2v) is 10.2. The molecule has 2 heterocycles. The second-order valence-electron chi connectivity index (χ2n) is 10.2. The van der Waals surface area contributed by atoms with Crippen LogP contribution in [0.15, 0.2) is 146 Å². The maximum absolute atomic E-state index is 2.48. The molecule has 2 unspecified atom stereocenters. The zero-order chi connectivity index (χ0) is 25.1. The highest BCUT2D eigenvalue weighted by molar-refractivity contribution is 6.09. The van der Waals surface area contributed by atoms with E-state index in [0.717, 1.165) is 0 Å². The summed E-state index contributed by atoms with van der Waals surface area (Å²) in [5, 5.41) is 2.57. The number of hydrogen-bond acceptors (Lipinski definition) is 1. The van der Waals surface area contributed by atoms with E-state index >= 15 is 0 Å². The van der Waals surface area contributed by atoms with Crippen molar-refractivity contribution < 1.29 is 0 Å². The van der Waals surface area contributed by atoms with Crippen LogP contribution < -0.4 is 4.90 Å². The topological polar surface area (TPSA) is 8.17 Å². The van der Waals surface area contributed by atoms with Gasteiger partial charge in [0.15, 0.2) is 0 Å². The van der Waals surface area contributed by atoms with Crippen molar-refractivity contribution in [2.24, 2.45) is 0 Å². The van der Waals surface area contributed by atoms with Crippen LogP contribution in [0.4, 0.5) is 11.4 Å². The molecule has 6 aromatic rings. The largest absolute Gasteiger partial charge is 0.333 e. The van der Waals surface area contributed by atoms with Crippen molar-refractivity contribution >= 4 is 33.2 Å². The van der Waals surface area contributed by atoms with E-state index in [1.807, 2.05) is 0 Å². The van der Waals surface area contributed by atoms with Crippen molar-refractivity contribution in [2.75, 3.05) is 4.90 Å². The number of benzene rings is 5. The summed E-state index contributed by atoms with van der Waals surface area (Å²) >= 11 is 0. The monoisotopic (exact) mass is 486 g/mol. The Labute approximate surface area is 222 Å². The predicted octanol–water partition coefficient (Wildman–Crippen LogP) is 9.18. The molecular weight excluding hydrogens is 460 g/mol. The second kappa shape index (κ2) is 8.36. The van der Waals surface area contributed by atoms with Crippen molar-refractivity contribution in [1.82, 2.24) is 4.57 Å². The van der Waals surface area contributed by atoms with Gasteiger partial charge < -0.3 is 9.47 Å². The molecular formula is C36H26N2. The fourth-order valence-electron chi connectivity index (χ4n) is 6.44. The van der Waals surface area contributed by atoms with Crippen LogP contribution in [-0.4, -0.2) is 10.6 Å². The van der Waals surface area contributed by atoms with Crippen LogP contribution in [0.2, 0.25) is 0 Å². The van der Waals surface area contributed by atoms with Crippen molar-refractivity contribution in [3.8, 4) is 16.8 Å². The predicted molar refractivity (Wildman–Crippen MR) is 160 cm³/mol. The van der Waals surface area contributed by atoms with Gasteiger partial charge in [0.2, 0.25) is 0 Å². The highest BCUT2D eigenvalue weighted by Gasteiger charge is 2.37. The van der Waals surface area contributed by atoms with Crippen molar-refractivity contribution in [2.45, 2.75) is 12.0 Å². The van der Waals surface area contributed by atoms with E-state index in [4.69, 9.17) is 0 Å². The zero-order valence-electron chi connectivity index (χ0n) is 20.9. The van der Waals surface area contributed by atoms with Crippen LogP contribution >= 0.6 is 0 Å². The summed E-state index contributed by atoms with van der Waals surface area (Å²) in [7, 11) is 0. The highest BCUT2D eigenvalue weighted by Crippen LogP contribution is 2.48. The molecule has 0 saturated carbocycles. The maximum Gasteiger partial charge on any atom is 0.0629 e. The molecule has 0 spiro atoms. The minimum atomic E-state index is 0.302. The lowest BCUT2D eigenvalue weighted by Crippen LogP contribution is -2.28. The average molecular weight is 487 g/mol. The van der Waals surface area contributed by atoms with Gasteiger partial charge in [0.25, 0.3) is 0 Å². The third-order valence-corrected chi connectivity index (χ3v) is 8.10. The minimum absolute atomic E-state index is 0.302. The lowest BCUT2D eigenvalue weighted by atomic mass is 9.89. The van der Waals surface area contributed by atoms with Gasteiger partial charge in [-0.15, -0.1) is 0 Å². The Hall–Kier alpha value is -4.82. The molecule has 0 radical (unpaired) electrons. The molecule has 2 aliphatic rings. The summed E-state index contributed by atoms with van der Waals surface area (Å²) in [4.78, 5) is 2.48. The number of aromatic nitrogens is 1. The Kier molecular flexibility index (Phi) is 4.68. The number of fused-ring (bicyclic) bond motifs is 6. The van der Waals surface area contributed by atoms with Gasteiger partial charge in [-0.2, -0.15) is 0 Å². The number of hydrogen-bond donors (Lipinski definition) is 0. The molecule has 180 valence electrons. The minimum Gasteiger partial charge on any atom is -0.333 e. The first-order valence-corrected chi connectivity index (χ1v) is 13.3. The maximum atomic E-state index is 2.48. The summed E-state index contributed by atoms with van der Waals surface area (Å²) in [6.07, 6.45) is 9.05. The zero-order valence-corrected chi connectivity index (χ0v) is 20.9. The molecule has 0 fully saturated rings. The Morgan fingerprint density at radius 1 is 0.500 bits per heavy atom. The Morgan fingerprint density at radius 3 is 1.95 bits per heavy atom. The molecule has 2 heteroatoms. The van der Waals surface area contributed by atoms with Crippen LogP contribution in [0.5, 0.6) is 0 Å². The summed E-state index contributed by atoms with van der Waals surface area (Å²) in [5.74, 6) is 0.343. The van der Waals surface area contributed by atoms with E-state index in [0.29, 0.717) is 12.0 Å². The lowest BCUT2D eigenvalue weighted by Gasteiger charge is -2.28. The van der Waals surface area contributed by atoms with Gasteiger partial charge >= 0.3 is 0 Å². The van der Waals surface area contributed by atoms with Gasteiger partial charge in [-0.25, -0.2) is 0 Å². The Morgan fingerprint density at radius 2 is 1.16 bits per heavy atom. The van der Waals surface area contributed by atoms with Gasteiger partial charge in [0, 0.05) is 33.8 Å². The number of allylic oxidation sites excluding steroid dienone is 2. The average Bonchev–Trinajstić information content (AvgIpc) is 3.50. The van der Waals surface area contributed by atoms with E-state index in [-0.39, 0.29) is 0 Å². The SMILES string of the molecule is C1=CC2c3cc(-c4cccc(-n5c6ccccc6c6ccccc65)c4)ccc3N(c3ccccc3)C2C=C1. The van der Waals surface area contributed by atoms with Crippen LogP contribution in [0.1, 0.15) is 11.5 Å². The van der Waals surface area contributed by atoms with Crippen LogP contribution in [0, 0.1) is 0 Å². The summed E-state index contributed by atoms with van der Waals surface area (Å²) in [5.41, 5.74) is 10.1. The van der Waals surface area contributed by atoms with E-state index in [1.54, 1.807) is 0 Å². The molecule has 5 aromatic carbocycles. The number of para-hydroxylation sites is 3. The molecule has 0 saturated heterocycles. The van der Waals surface area contributed by atoms with Crippen molar-refractivity contribution in [3.63, 3.8) is 0 Å². The molecule has 1 aliphatic heterocycles. The third kappa shape index (κ3) is 3.13. The van der Waals surface area contributed by atoms with Gasteiger partial charge in [-0.05, 0) is 65.2 Å². The van der Waals surface area contributed by atoms with Crippen LogP contribution in [0.3, 0.4) is 0 Å². The van der Waals surface area contributed by atoms with Gasteiger partial charge in [-0.1, -0.05) is 97.1 Å². The molecule has 1 aliphatic carbocycles. The van der Waals surface area contributed by atoms with E-state index in [1.165, 1.54) is 55.6 Å². The summed E-state index contributed by atoms with van der Waals surface area (Å²) < 4.78 is 2.39. The molecule has 0 amide bonds.